The number of carbonyl (C=O) groups is 2. The van der Waals surface area contributed by atoms with Gasteiger partial charge in [0.05, 0.1) is 43.2 Å². The number of non-ortho nitro benzene ring substituents is 1. The summed E-state index contributed by atoms with van der Waals surface area (Å²) in [5.74, 6) is -1.47. The van der Waals surface area contributed by atoms with E-state index < -0.39 is 28.4 Å². The average molecular weight is 496 g/mol. The number of ether oxygens (including phenoxy) is 1. The second-order valence-electron chi connectivity index (χ2n) is 9.18. The van der Waals surface area contributed by atoms with Crippen molar-refractivity contribution >= 4 is 23.1 Å². The lowest BCUT2D eigenvalue weighted by Gasteiger charge is -2.28. The van der Waals surface area contributed by atoms with Crippen LogP contribution < -0.4 is 14.7 Å². The molecule has 1 amide bonds. The Hall–Kier alpha value is -3.72. The van der Waals surface area contributed by atoms with Gasteiger partial charge in [-0.1, -0.05) is 11.8 Å². The van der Waals surface area contributed by atoms with E-state index in [0.29, 0.717) is 17.9 Å². The third kappa shape index (κ3) is 5.57. The molecule has 0 bridgehead atoms. The zero-order valence-electron chi connectivity index (χ0n) is 21.4. The lowest BCUT2D eigenvalue weighted by Crippen LogP contribution is -3.12. The number of benzene rings is 2. The smallest absolute Gasteiger partial charge is 0.295 e. The number of carbonyl (C=O) groups excluding carboxylic acids is 2. The van der Waals surface area contributed by atoms with Gasteiger partial charge in [0, 0.05) is 17.7 Å². The topological polar surface area (TPSA) is 117 Å². The van der Waals surface area contributed by atoms with Gasteiger partial charge in [0.2, 0.25) is 5.78 Å². The van der Waals surface area contributed by atoms with E-state index in [0.717, 1.165) is 18.7 Å². The normalized spacial score (nSPS) is 17.3. The number of nitrogens with zero attached hydrogens (tertiary/aromatic N) is 2. The molecule has 1 aliphatic rings. The molecule has 1 fully saturated rings. The van der Waals surface area contributed by atoms with Crippen molar-refractivity contribution in [2.24, 2.45) is 0 Å². The maximum atomic E-state index is 13.7. The molecule has 1 saturated heterocycles. The summed E-state index contributed by atoms with van der Waals surface area (Å²) in [4.78, 5) is 39.6. The summed E-state index contributed by atoms with van der Waals surface area (Å²) < 4.78 is 5.75. The Labute approximate surface area is 211 Å². The highest BCUT2D eigenvalue weighted by molar-refractivity contribution is 6.46. The van der Waals surface area contributed by atoms with Crippen molar-refractivity contribution in [2.75, 3.05) is 26.2 Å². The van der Waals surface area contributed by atoms with Gasteiger partial charge in [0.1, 0.15) is 5.75 Å². The van der Waals surface area contributed by atoms with E-state index in [1.54, 1.807) is 18.2 Å². The molecular weight excluding hydrogens is 462 g/mol. The van der Waals surface area contributed by atoms with Crippen LogP contribution >= 0.6 is 0 Å². The Kier molecular flexibility index (Phi) is 8.47. The van der Waals surface area contributed by atoms with Crippen molar-refractivity contribution in [1.82, 2.24) is 4.90 Å². The summed E-state index contributed by atoms with van der Waals surface area (Å²) in [6.45, 7) is 12.3. The standard InChI is InChI=1S/C27H33N3O6/c1-6-28(7-2)14-15-29-24(19-8-11-21(12-9-19)30(34)35)23(26(32)27(29)33)25(31)20-10-13-22(18(5)16-20)36-17(3)4/h8-13,16-17,24,31H,6-7,14-15H2,1-5H3/b25-23+. The Bertz CT molecular complexity index is 1170. The van der Waals surface area contributed by atoms with E-state index >= 15 is 0 Å². The number of Topliss-reactive ketones (excluding diaryl/α,β-unsaturated/α-hetero) is 1. The highest BCUT2D eigenvalue weighted by Gasteiger charge is 2.44. The lowest BCUT2D eigenvalue weighted by atomic mass is 9.94. The summed E-state index contributed by atoms with van der Waals surface area (Å²) in [6, 6.07) is 9.66. The predicted octanol–water partition coefficient (Wildman–Crippen LogP) is 1.84. The summed E-state index contributed by atoms with van der Waals surface area (Å²) in [5, 5.41) is 24.8. The second kappa shape index (κ2) is 11.3. The van der Waals surface area contributed by atoms with Gasteiger partial charge >= 0.3 is 0 Å². The molecule has 0 aromatic heterocycles. The average Bonchev–Trinajstić information content (AvgIpc) is 3.10. The molecule has 9 nitrogen and oxygen atoms in total. The minimum Gasteiger partial charge on any atom is -0.872 e. The number of quaternary nitrogens is 1. The first kappa shape index (κ1) is 26.9. The van der Waals surface area contributed by atoms with Crippen molar-refractivity contribution in [1.29, 1.82) is 0 Å². The summed E-state index contributed by atoms with van der Waals surface area (Å²) in [7, 11) is 0. The van der Waals surface area contributed by atoms with Crippen LogP contribution in [0.4, 0.5) is 5.69 Å². The minimum atomic E-state index is -0.917. The molecule has 0 saturated carbocycles. The highest BCUT2D eigenvalue weighted by atomic mass is 16.6. The number of amides is 1. The van der Waals surface area contributed by atoms with E-state index in [1.165, 1.54) is 34.1 Å². The second-order valence-corrected chi connectivity index (χ2v) is 9.18. The van der Waals surface area contributed by atoms with E-state index in [4.69, 9.17) is 4.74 Å². The van der Waals surface area contributed by atoms with Gasteiger partial charge in [-0.3, -0.25) is 19.7 Å². The van der Waals surface area contributed by atoms with Crippen LogP contribution in [-0.2, 0) is 9.59 Å². The van der Waals surface area contributed by atoms with Crippen LogP contribution in [-0.4, -0.2) is 53.8 Å². The van der Waals surface area contributed by atoms with Gasteiger partial charge in [0.25, 0.3) is 11.6 Å². The number of rotatable bonds is 10. The maximum Gasteiger partial charge on any atom is 0.295 e. The molecule has 0 spiro atoms. The minimum absolute atomic E-state index is 0.0401. The molecule has 1 heterocycles. The molecule has 192 valence electrons. The first-order valence-corrected chi connectivity index (χ1v) is 12.2. The molecule has 36 heavy (non-hydrogen) atoms. The fourth-order valence-corrected chi connectivity index (χ4v) is 4.44. The Balaban J connectivity index is 2.10. The molecule has 0 radical (unpaired) electrons. The highest BCUT2D eigenvalue weighted by Crippen LogP contribution is 2.39. The third-order valence-corrected chi connectivity index (χ3v) is 6.46. The number of likely N-dealkylation sites (tertiary alicyclic amines) is 1. The van der Waals surface area contributed by atoms with Crippen LogP contribution in [0.5, 0.6) is 5.75 Å². The molecule has 3 rings (SSSR count). The molecular formula is C27H33N3O6. The van der Waals surface area contributed by atoms with Gasteiger partial charge in [-0.25, -0.2) is 0 Å². The zero-order valence-corrected chi connectivity index (χ0v) is 21.4. The Morgan fingerprint density at radius 2 is 1.75 bits per heavy atom. The van der Waals surface area contributed by atoms with Crippen molar-refractivity contribution in [2.45, 2.75) is 46.8 Å². The van der Waals surface area contributed by atoms with E-state index in [1.807, 2.05) is 34.6 Å². The first-order valence-electron chi connectivity index (χ1n) is 12.2. The van der Waals surface area contributed by atoms with E-state index in [-0.39, 0.29) is 29.5 Å². The summed E-state index contributed by atoms with van der Waals surface area (Å²) in [6.07, 6.45) is -0.0401. The van der Waals surface area contributed by atoms with Crippen LogP contribution in [0.25, 0.3) is 5.76 Å². The van der Waals surface area contributed by atoms with Crippen molar-refractivity contribution in [3.05, 3.63) is 74.8 Å². The summed E-state index contributed by atoms with van der Waals surface area (Å²) >= 11 is 0. The van der Waals surface area contributed by atoms with Crippen LogP contribution in [0.3, 0.4) is 0 Å². The Morgan fingerprint density at radius 1 is 1.11 bits per heavy atom. The lowest BCUT2D eigenvalue weighted by molar-refractivity contribution is -0.895. The van der Waals surface area contributed by atoms with Gasteiger partial charge in [0.15, 0.2) is 0 Å². The predicted molar refractivity (Wildman–Crippen MR) is 133 cm³/mol. The van der Waals surface area contributed by atoms with Crippen LogP contribution in [0.2, 0.25) is 0 Å². The largest absolute Gasteiger partial charge is 0.872 e. The molecule has 2 aromatic rings. The van der Waals surface area contributed by atoms with Crippen molar-refractivity contribution in [3.63, 3.8) is 0 Å². The third-order valence-electron chi connectivity index (χ3n) is 6.46. The van der Waals surface area contributed by atoms with Gasteiger partial charge in [-0.05, 0) is 75.6 Å². The molecule has 2 aromatic carbocycles. The van der Waals surface area contributed by atoms with Crippen molar-refractivity contribution in [3.8, 4) is 5.75 Å². The number of hydrogen-bond acceptors (Lipinski definition) is 6. The quantitative estimate of drug-likeness (QED) is 0.177. The molecule has 9 heteroatoms. The molecule has 0 aliphatic carbocycles. The van der Waals surface area contributed by atoms with E-state index in [9.17, 15) is 24.8 Å². The number of nitrogens with one attached hydrogen (secondary N) is 1. The van der Waals surface area contributed by atoms with Crippen LogP contribution in [0.15, 0.2) is 48.0 Å². The first-order chi connectivity index (χ1) is 17.1. The van der Waals surface area contributed by atoms with Crippen LogP contribution in [0, 0.1) is 17.0 Å². The number of likely N-dealkylation sites (N-methyl/N-ethyl adjacent to an activating group) is 1. The fourth-order valence-electron chi connectivity index (χ4n) is 4.44. The molecule has 1 N–H and O–H groups in total. The number of hydrogen-bond donors (Lipinski definition) is 1. The van der Waals surface area contributed by atoms with Gasteiger partial charge in [-0.2, -0.15) is 0 Å². The monoisotopic (exact) mass is 495 g/mol. The fraction of sp³-hybridized carbons (Fsp3) is 0.407. The molecule has 1 aliphatic heterocycles. The number of ketones is 1. The van der Waals surface area contributed by atoms with Crippen LogP contribution in [0.1, 0.15) is 50.4 Å². The Morgan fingerprint density at radius 3 is 2.28 bits per heavy atom. The van der Waals surface area contributed by atoms with Crippen molar-refractivity contribution < 1.29 is 29.3 Å². The number of nitro benzene ring substituents is 1. The van der Waals surface area contributed by atoms with Gasteiger partial charge in [-0.15, -0.1) is 0 Å². The zero-order chi connectivity index (χ0) is 26.6. The van der Waals surface area contributed by atoms with Gasteiger partial charge < -0.3 is 19.6 Å². The molecule has 1 unspecified atom stereocenters. The van der Waals surface area contributed by atoms with E-state index in [2.05, 4.69) is 0 Å². The number of nitro groups is 1. The summed E-state index contributed by atoms with van der Waals surface area (Å²) in [5.41, 5.74) is 1.25. The maximum absolute atomic E-state index is 13.7. The molecule has 1 atom stereocenters. The SMILES string of the molecule is CC[NH+](CC)CCN1C(=O)C(=O)/C(=C(/[O-])c2ccc(OC(C)C)c(C)c2)C1c1ccc([N+](=O)[O-])cc1. The number of aryl methyl sites for hydroxylation is 1.